The number of halogens is 1. The second-order valence-corrected chi connectivity index (χ2v) is 8.00. The number of likely N-dealkylation sites (N-methyl/N-ethyl adjacent to an activating group) is 1. The minimum Gasteiger partial charge on any atom is -0.383 e. The summed E-state index contributed by atoms with van der Waals surface area (Å²) in [4.78, 5) is 23.0. The smallest absolute Gasteiger partial charge is 0.234 e. The molecule has 8 nitrogen and oxygen atoms in total. The van der Waals surface area contributed by atoms with Crippen LogP contribution in [0.4, 0.5) is 0 Å². The van der Waals surface area contributed by atoms with E-state index in [-0.39, 0.29) is 11.9 Å². The van der Waals surface area contributed by atoms with Crippen LogP contribution in [0.2, 0.25) is 5.02 Å². The lowest BCUT2D eigenvalue weighted by Crippen LogP contribution is -2.54. The molecule has 0 radical (unpaired) electrons. The number of hydrogen-bond acceptors (Lipinski definition) is 5. The quantitative estimate of drug-likeness (QED) is 0.339. The van der Waals surface area contributed by atoms with Gasteiger partial charge in [0.1, 0.15) is 0 Å². The summed E-state index contributed by atoms with van der Waals surface area (Å²) < 4.78 is 4.96. The molecule has 0 aliphatic carbocycles. The van der Waals surface area contributed by atoms with Gasteiger partial charge in [-0.05, 0) is 31.8 Å². The number of rotatable bonds is 9. The van der Waals surface area contributed by atoms with Crippen LogP contribution in [0, 0.1) is 0 Å². The Labute approximate surface area is 185 Å². The lowest BCUT2D eigenvalue weighted by Gasteiger charge is -2.37. The van der Waals surface area contributed by atoms with E-state index in [1.54, 1.807) is 7.11 Å². The molecule has 2 rings (SSSR count). The van der Waals surface area contributed by atoms with Gasteiger partial charge in [-0.3, -0.25) is 14.7 Å². The van der Waals surface area contributed by atoms with Gasteiger partial charge in [0.25, 0.3) is 0 Å². The third kappa shape index (κ3) is 7.75. The van der Waals surface area contributed by atoms with E-state index in [1.165, 1.54) is 5.56 Å². The maximum absolute atomic E-state index is 12.0. The van der Waals surface area contributed by atoms with Crippen molar-refractivity contribution in [3.05, 3.63) is 34.9 Å². The molecule has 0 bridgehead atoms. The van der Waals surface area contributed by atoms with Crippen molar-refractivity contribution >= 4 is 23.5 Å². The van der Waals surface area contributed by atoms with E-state index in [2.05, 4.69) is 56.6 Å². The number of piperazine rings is 1. The van der Waals surface area contributed by atoms with Gasteiger partial charge in [0, 0.05) is 58.4 Å². The first-order valence-electron chi connectivity index (χ1n) is 10.3. The molecule has 168 valence electrons. The molecule has 1 amide bonds. The zero-order valence-corrected chi connectivity index (χ0v) is 19.3. The molecule has 9 heteroatoms. The fourth-order valence-electron chi connectivity index (χ4n) is 3.47. The Bertz CT molecular complexity index is 675. The van der Waals surface area contributed by atoms with E-state index in [9.17, 15) is 4.79 Å². The van der Waals surface area contributed by atoms with Crippen LogP contribution in [0.25, 0.3) is 0 Å². The molecule has 1 aliphatic heterocycles. The van der Waals surface area contributed by atoms with Crippen LogP contribution >= 0.6 is 11.6 Å². The fraction of sp³-hybridized carbons (Fsp3) is 0.619. The van der Waals surface area contributed by atoms with Crippen molar-refractivity contribution in [1.82, 2.24) is 25.3 Å². The van der Waals surface area contributed by atoms with Crippen molar-refractivity contribution in [3.63, 3.8) is 0 Å². The maximum atomic E-state index is 12.0. The summed E-state index contributed by atoms with van der Waals surface area (Å²) in [5, 5.41) is 7.12. The minimum atomic E-state index is 0.0415. The molecule has 1 heterocycles. The molecule has 0 saturated carbocycles. The van der Waals surface area contributed by atoms with E-state index < -0.39 is 0 Å². The van der Waals surface area contributed by atoms with Crippen LogP contribution in [0.3, 0.4) is 0 Å². The molecule has 1 saturated heterocycles. The van der Waals surface area contributed by atoms with Gasteiger partial charge in [0.05, 0.1) is 19.2 Å². The number of aliphatic imine (C=N–C) groups is 1. The Morgan fingerprint density at radius 2 is 1.87 bits per heavy atom. The lowest BCUT2D eigenvalue weighted by molar-refractivity contribution is -0.122. The van der Waals surface area contributed by atoms with Crippen LogP contribution in [-0.2, 0) is 9.53 Å². The number of nitrogens with one attached hydrogen (secondary N) is 2. The number of carbonyl (C=O) groups is 1. The fourth-order valence-corrected chi connectivity index (χ4v) is 3.60. The number of carbonyl (C=O) groups excluding carboxylic acids is 1. The van der Waals surface area contributed by atoms with Crippen molar-refractivity contribution in [1.29, 1.82) is 0 Å². The summed E-state index contributed by atoms with van der Waals surface area (Å²) >= 11 is 6.03. The van der Waals surface area contributed by atoms with Crippen LogP contribution in [0.1, 0.15) is 11.6 Å². The highest BCUT2D eigenvalue weighted by atomic mass is 35.5. The largest absolute Gasteiger partial charge is 0.383 e. The van der Waals surface area contributed by atoms with Gasteiger partial charge >= 0.3 is 0 Å². The molecule has 1 unspecified atom stereocenters. The van der Waals surface area contributed by atoms with Gasteiger partial charge in [-0.1, -0.05) is 23.7 Å². The number of ether oxygens (including phenoxy) is 1. The van der Waals surface area contributed by atoms with E-state index in [1.807, 2.05) is 19.2 Å². The monoisotopic (exact) mass is 438 g/mol. The van der Waals surface area contributed by atoms with E-state index >= 15 is 0 Å². The molecule has 1 aromatic rings. The average molecular weight is 439 g/mol. The van der Waals surface area contributed by atoms with Gasteiger partial charge in [0.15, 0.2) is 5.96 Å². The highest BCUT2D eigenvalue weighted by Gasteiger charge is 2.22. The van der Waals surface area contributed by atoms with Crippen molar-refractivity contribution in [2.24, 2.45) is 4.99 Å². The van der Waals surface area contributed by atoms with Gasteiger partial charge < -0.3 is 25.2 Å². The van der Waals surface area contributed by atoms with E-state index in [0.29, 0.717) is 19.7 Å². The molecule has 1 aliphatic rings. The maximum Gasteiger partial charge on any atom is 0.234 e. The molecule has 0 spiro atoms. The molecule has 30 heavy (non-hydrogen) atoms. The minimum absolute atomic E-state index is 0.0415. The number of hydrogen-bond donors (Lipinski definition) is 2. The number of nitrogens with zero attached hydrogens (tertiary/aromatic N) is 4. The Hall–Kier alpha value is -1.87. The summed E-state index contributed by atoms with van der Waals surface area (Å²) in [6.45, 7) is 5.56. The van der Waals surface area contributed by atoms with Gasteiger partial charge in [-0.25, -0.2) is 0 Å². The number of guanidine groups is 1. The van der Waals surface area contributed by atoms with E-state index in [0.717, 1.165) is 43.7 Å². The summed E-state index contributed by atoms with van der Waals surface area (Å²) in [5.41, 5.74) is 1.21. The van der Waals surface area contributed by atoms with Crippen molar-refractivity contribution in [2.45, 2.75) is 6.04 Å². The van der Waals surface area contributed by atoms with Gasteiger partial charge in [0.2, 0.25) is 5.91 Å². The summed E-state index contributed by atoms with van der Waals surface area (Å²) in [7, 11) is 7.58. The normalized spacial score (nSPS) is 16.6. The summed E-state index contributed by atoms with van der Waals surface area (Å²) in [5.74, 6) is 0.930. The molecular weight excluding hydrogens is 404 g/mol. The average Bonchev–Trinajstić information content (AvgIpc) is 2.73. The topological polar surface area (TPSA) is 72.4 Å². The Morgan fingerprint density at radius 3 is 2.43 bits per heavy atom. The van der Waals surface area contributed by atoms with Gasteiger partial charge in [-0.15, -0.1) is 0 Å². The van der Waals surface area contributed by atoms with Crippen LogP contribution in [-0.4, -0.2) is 107 Å². The van der Waals surface area contributed by atoms with Crippen molar-refractivity contribution in [2.75, 3.05) is 80.7 Å². The number of methoxy groups -OCH3 is 1. The predicted molar refractivity (Wildman–Crippen MR) is 122 cm³/mol. The third-order valence-electron chi connectivity index (χ3n) is 5.21. The highest BCUT2D eigenvalue weighted by molar-refractivity contribution is 6.30. The standard InChI is InChI=1S/C21H35ClN6O2/c1-23-21(25-15-19(26(2)3)17-5-7-18(22)8-6-17)28-12-10-27(11-13-28)16-20(29)24-9-14-30-4/h5-8,19H,9-16H2,1-4H3,(H,23,25)(H,24,29). The van der Waals surface area contributed by atoms with Crippen LogP contribution in [0.15, 0.2) is 29.3 Å². The Kier molecular flexibility index (Phi) is 10.4. The number of benzene rings is 1. The molecule has 0 aromatic heterocycles. The first-order valence-corrected chi connectivity index (χ1v) is 10.7. The second kappa shape index (κ2) is 12.7. The molecule has 1 atom stereocenters. The lowest BCUT2D eigenvalue weighted by atomic mass is 10.1. The zero-order chi connectivity index (χ0) is 21.9. The zero-order valence-electron chi connectivity index (χ0n) is 18.5. The van der Waals surface area contributed by atoms with Crippen LogP contribution < -0.4 is 10.6 Å². The third-order valence-corrected chi connectivity index (χ3v) is 5.46. The van der Waals surface area contributed by atoms with Crippen LogP contribution in [0.5, 0.6) is 0 Å². The summed E-state index contributed by atoms with van der Waals surface area (Å²) in [6, 6.07) is 8.18. The highest BCUT2D eigenvalue weighted by Crippen LogP contribution is 2.20. The predicted octanol–water partition coefficient (Wildman–Crippen LogP) is 0.898. The molecule has 1 fully saturated rings. The van der Waals surface area contributed by atoms with E-state index in [4.69, 9.17) is 16.3 Å². The van der Waals surface area contributed by atoms with Gasteiger partial charge in [-0.2, -0.15) is 0 Å². The molecular formula is C21H35ClN6O2. The first-order chi connectivity index (χ1) is 14.4. The first kappa shape index (κ1) is 24.4. The number of amides is 1. The molecule has 2 N–H and O–H groups in total. The Balaban J connectivity index is 1.82. The molecule has 1 aromatic carbocycles. The summed E-state index contributed by atoms with van der Waals surface area (Å²) in [6.07, 6.45) is 0. The van der Waals surface area contributed by atoms with Crippen molar-refractivity contribution in [3.8, 4) is 0 Å². The SMILES string of the molecule is CN=C(NCC(c1ccc(Cl)cc1)N(C)C)N1CCN(CC(=O)NCCOC)CC1. The second-order valence-electron chi connectivity index (χ2n) is 7.57. The van der Waals surface area contributed by atoms with Crippen molar-refractivity contribution < 1.29 is 9.53 Å². The Morgan fingerprint density at radius 1 is 1.20 bits per heavy atom.